The molecule has 0 saturated heterocycles. The molecule has 3 N–H and O–H groups in total. The van der Waals surface area contributed by atoms with Gasteiger partial charge in [-0.3, -0.25) is 4.79 Å². The Morgan fingerprint density at radius 2 is 1.95 bits per heavy atom. The first kappa shape index (κ1) is 14.2. The molecule has 100 valence electrons. The summed E-state index contributed by atoms with van der Waals surface area (Å²) < 4.78 is 1.34. The van der Waals surface area contributed by atoms with Crippen LogP contribution in [-0.4, -0.2) is 5.91 Å². The molecule has 0 aliphatic rings. The average molecular weight is 315 g/mol. The van der Waals surface area contributed by atoms with E-state index in [1.165, 1.54) is 11.3 Å². The van der Waals surface area contributed by atoms with Gasteiger partial charge < -0.3 is 11.1 Å². The van der Waals surface area contributed by atoms with Crippen LogP contribution in [0.15, 0.2) is 30.3 Å². The Morgan fingerprint density at radius 3 is 2.42 bits per heavy atom. The van der Waals surface area contributed by atoms with Crippen LogP contribution in [-0.2, 0) is 0 Å². The lowest BCUT2D eigenvalue weighted by molar-refractivity contribution is 0.100. The highest BCUT2D eigenvalue weighted by Gasteiger charge is 2.13. The minimum Gasteiger partial charge on any atom is -0.378 e. The van der Waals surface area contributed by atoms with Crippen molar-refractivity contribution in [3.63, 3.8) is 0 Å². The summed E-state index contributed by atoms with van der Waals surface area (Å²) in [5.41, 5.74) is 7.51. The van der Waals surface area contributed by atoms with E-state index >= 15 is 0 Å². The Kier molecular flexibility index (Phi) is 4.34. The van der Waals surface area contributed by atoms with Crippen LogP contribution in [0.5, 0.6) is 0 Å². The number of hydrogen-bond acceptors (Lipinski definition) is 3. The number of halogens is 2. The highest BCUT2D eigenvalue weighted by Crippen LogP contribution is 2.36. The van der Waals surface area contributed by atoms with Crippen molar-refractivity contribution in [2.75, 3.05) is 5.32 Å². The topological polar surface area (TPSA) is 55.1 Å². The zero-order valence-electron chi connectivity index (χ0n) is 10.1. The van der Waals surface area contributed by atoms with Crippen LogP contribution in [0, 0.1) is 0 Å². The number of hydrogen-bond donors (Lipinski definition) is 2. The van der Waals surface area contributed by atoms with Gasteiger partial charge in [0.1, 0.15) is 0 Å². The molecule has 0 radical (unpaired) electrons. The zero-order valence-corrected chi connectivity index (χ0v) is 12.4. The number of anilines is 1. The first-order chi connectivity index (χ1) is 8.97. The number of carbonyl (C=O) groups excluding carboxylic acids is 1. The summed E-state index contributed by atoms with van der Waals surface area (Å²) in [5.74, 6) is -0.438. The van der Waals surface area contributed by atoms with Crippen molar-refractivity contribution in [2.45, 2.75) is 13.0 Å². The third-order valence-corrected chi connectivity index (χ3v) is 4.22. The van der Waals surface area contributed by atoms with Gasteiger partial charge in [0.2, 0.25) is 5.91 Å². The highest BCUT2D eigenvalue weighted by atomic mass is 35.5. The molecule has 2 rings (SSSR count). The molecule has 3 nitrogen and oxygen atoms in total. The van der Waals surface area contributed by atoms with Crippen molar-refractivity contribution in [2.24, 2.45) is 5.73 Å². The van der Waals surface area contributed by atoms with E-state index in [0.29, 0.717) is 14.2 Å². The molecular formula is C13H12Cl2N2OS. The van der Waals surface area contributed by atoms with Gasteiger partial charge in [-0.2, -0.15) is 0 Å². The van der Waals surface area contributed by atoms with E-state index in [-0.39, 0.29) is 6.04 Å². The lowest BCUT2D eigenvalue weighted by Crippen LogP contribution is -2.11. The van der Waals surface area contributed by atoms with Crippen LogP contribution in [0.3, 0.4) is 0 Å². The summed E-state index contributed by atoms with van der Waals surface area (Å²) in [5, 5.41) is 3.29. The SMILES string of the molecule is CC(Nc1ccc(C(N)=O)cc1)c1cc(Cl)sc1Cl. The Labute approximate surface area is 125 Å². The predicted octanol–water partition coefficient (Wildman–Crippen LogP) is 4.33. The summed E-state index contributed by atoms with van der Waals surface area (Å²) in [7, 11) is 0. The van der Waals surface area contributed by atoms with Gasteiger partial charge in [-0.25, -0.2) is 0 Å². The summed E-state index contributed by atoms with van der Waals surface area (Å²) in [6.45, 7) is 1.99. The second-order valence-electron chi connectivity index (χ2n) is 4.09. The molecule has 0 aliphatic heterocycles. The Balaban J connectivity index is 2.12. The molecule has 0 aliphatic carbocycles. The molecule has 1 heterocycles. The second kappa shape index (κ2) is 5.82. The first-order valence-corrected chi connectivity index (χ1v) is 7.15. The fourth-order valence-corrected chi connectivity index (χ4v) is 3.35. The zero-order chi connectivity index (χ0) is 14.0. The standard InChI is InChI=1S/C13H12Cl2N2OS/c1-7(10-6-11(14)19-12(10)15)17-9-4-2-8(3-5-9)13(16)18/h2-7,17H,1H3,(H2,16,18). The monoisotopic (exact) mass is 314 g/mol. The molecule has 0 saturated carbocycles. The number of amides is 1. The normalized spacial score (nSPS) is 12.2. The fraction of sp³-hybridized carbons (Fsp3) is 0.154. The van der Waals surface area contributed by atoms with E-state index in [9.17, 15) is 4.79 Å². The minimum absolute atomic E-state index is 0.0238. The van der Waals surface area contributed by atoms with E-state index in [1.54, 1.807) is 24.3 Å². The third-order valence-electron chi connectivity index (χ3n) is 2.70. The molecule has 1 aromatic carbocycles. The van der Waals surface area contributed by atoms with Gasteiger partial charge in [0.25, 0.3) is 0 Å². The largest absolute Gasteiger partial charge is 0.378 e. The second-order valence-corrected chi connectivity index (χ2v) is 6.37. The quantitative estimate of drug-likeness (QED) is 0.882. The van der Waals surface area contributed by atoms with Crippen molar-refractivity contribution < 1.29 is 4.79 Å². The minimum atomic E-state index is -0.438. The fourth-order valence-electron chi connectivity index (χ4n) is 1.71. The highest BCUT2D eigenvalue weighted by molar-refractivity contribution is 7.20. The maximum absolute atomic E-state index is 11.0. The van der Waals surface area contributed by atoms with E-state index in [1.807, 2.05) is 13.0 Å². The Morgan fingerprint density at radius 1 is 1.32 bits per heavy atom. The summed E-state index contributed by atoms with van der Waals surface area (Å²) in [6, 6.07) is 8.84. The number of carbonyl (C=O) groups is 1. The molecule has 6 heteroatoms. The van der Waals surface area contributed by atoms with Gasteiger partial charge >= 0.3 is 0 Å². The summed E-state index contributed by atoms with van der Waals surface area (Å²) in [4.78, 5) is 11.0. The van der Waals surface area contributed by atoms with Crippen molar-refractivity contribution in [1.29, 1.82) is 0 Å². The van der Waals surface area contributed by atoms with E-state index in [4.69, 9.17) is 28.9 Å². The van der Waals surface area contributed by atoms with Gasteiger partial charge in [-0.05, 0) is 37.3 Å². The van der Waals surface area contributed by atoms with Crippen molar-refractivity contribution in [1.82, 2.24) is 0 Å². The Hall–Kier alpha value is -1.23. The van der Waals surface area contributed by atoms with Crippen molar-refractivity contribution in [3.8, 4) is 0 Å². The molecular weight excluding hydrogens is 303 g/mol. The van der Waals surface area contributed by atoms with Crippen LogP contribution in [0.25, 0.3) is 0 Å². The molecule has 1 atom stereocenters. The van der Waals surface area contributed by atoms with Crippen LogP contribution in [0.1, 0.15) is 28.9 Å². The van der Waals surface area contributed by atoms with E-state index < -0.39 is 5.91 Å². The number of rotatable bonds is 4. The van der Waals surface area contributed by atoms with Crippen LogP contribution < -0.4 is 11.1 Å². The molecule has 1 aromatic heterocycles. The van der Waals surface area contributed by atoms with Crippen LogP contribution in [0.2, 0.25) is 8.67 Å². The smallest absolute Gasteiger partial charge is 0.248 e. The maximum atomic E-state index is 11.0. The van der Waals surface area contributed by atoms with Crippen LogP contribution in [0.4, 0.5) is 5.69 Å². The lowest BCUT2D eigenvalue weighted by atomic mass is 10.1. The molecule has 0 spiro atoms. The van der Waals surface area contributed by atoms with Gasteiger partial charge in [0.15, 0.2) is 0 Å². The van der Waals surface area contributed by atoms with Gasteiger partial charge in [0.05, 0.1) is 14.7 Å². The van der Waals surface area contributed by atoms with Gasteiger partial charge in [0, 0.05) is 16.8 Å². The number of nitrogens with two attached hydrogens (primary N) is 1. The maximum Gasteiger partial charge on any atom is 0.248 e. The molecule has 1 unspecified atom stereocenters. The summed E-state index contributed by atoms with van der Waals surface area (Å²) >= 11 is 13.4. The summed E-state index contributed by atoms with van der Waals surface area (Å²) in [6.07, 6.45) is 0. The molecule has 0 bridgehead atoms. The molecule has 2 aromatic rings. The van der Waals surface area contributed by atoms with Crippen molar-refractivity contribution >= 4 is 46.1 Å². The number of nitrogens with one attached hydrogen (secondary N) is 1. The number of primary amides is 1. The lowest BCUT2D eigenvalue weighted by Gasteiger charge is -2.14. The predicted molar refractivity (Wildman–Crippen MR) is 81.3 cm³/mol. The van der Waals surface area contributed by atoms with E-state index in [2.05, 4.69) is 5.32 Å². The van der Waals surface area contributed by atoms with Crippen molar-refractivity contribution in [3.05, 3.63) is 50.1 Å². The number of benzene rings is 1. The number of thiophene rings is 1. The van der Waals surface area contributed by atoms with E-state index in [0.717, 1.165) is 11.3 Å². The molecule has 1 amide bonds. The van der Waals surface area contributed by atoms with Crippen LogP contribution >= 0.6 is 34.5 Å². The molecule has 19 heavy (non-hydrogen) atoms. The van der Waals surface area contributed by atoms with Gasteiger partial charge in [-0.1, -0.05) is 23.2 Å². The first-order valence-electron chi connectivity index (χ1n) is 5.58. The molecule has 0 fully saturated rings. The Bertz CT molecular complexity index is 595. The van der Waals surface area contributed by atoms with Gasteiger partial charge in [-0.15, -0.1) is 11.3 Å². The average Bonchev–Trinajstić information content (AvgIpc) is 2.69. The third kappa shape index (κ3) is 3.41.